The van der Waals surface area contributed by atoms with Crippen molar-refractivity contribution in [1.82, 2.24) is 19.8 Å². The number of hydrogen-bond donors (Lipinski definition) is 1. The van der Waals surface area contributed by atoms with Crippen LogP contribution in [0, 0.1) is 11.8 Å². The van der Waals surface area contributed by atoms with Crippen LogP contribution in [-0.4, -0.2) is 50.0 Å². The zero-order valence-corrected chi connectivity index (χ0v) is 21.9. The number of anilines is 1. The molecule has 0 radical (unpaired) electrons. The average Bonchev–Trinajstić information content (AvgIpc) is 3.19. The van der Waals surface area contributed by atoms with Crippen LogP contribution in [0.25, 0.3) is 16.9 Å². The van der Waals surface area contributed by atoms with Gasteiger partial charge in [0.2, 0.25) is 0 Å². The van der Waals surface area contributed by atoms with Crippen molar-refractivity contribution in [3.63, 3.8) is 0 Å². The minimum absolute atomic E-state index is 0.00874. The maximum Gasteiger partial charge on any atom is 0.356 e. The average molecular weight is 554 g/mol. The van der Waals surface area contributed by atoms with Crippen molar-refractivity contribution in [2.45, 2.75) is 44.3 Å². The van der Waals surface area contributed by atoms with E-state index >= 15 is 0 Å². The molecule has 0 bridgehead atoms. The Bertz CT molecular complexity index is 1510. The second-order valence-corrected chi connectivity index (χ2v) is 11.3. The second-order valence-electron chi connectivity index (χ2n) is 10.5. The summed E-state index contributed by atoms with van der Waals surface area (Å²) in [5.41, 5.74) is 2.86. The van der Waals surface area contributed by atoms with Crippen molar-refractivity contribution in [1.29, 1.82) is 0 Å². The lowest BCUT2D eigenvalue weighted by molar-refractivity contribution is 0.0402. The molecule has 3 fully saturated rings. The fourth-order valence-electron chi connectivity index (χ4n) is 5.97. The third-order valence-corrected chi connectivity index (χ3v) is 8.62. The monoisotopic (exact) mass is 553 g/mol. The van der Waals surface area contributed by atoms with Crippen LogP contribution in [0.3, 0.4) is 0 Å². The highest BCUT2D eigenvalue weighted by molar-refractivity contribution is 6.39. The Morgan fingerprint density at radius 3 is 2.55 bits per heavy atom. The smallest absolute Gasteiger partial charge is 0.356 e. The molecule has 3 aliphatic rings. The zero-order chi connectivity index (χ0) is 26.0. The molecule has 1 aliphatic heterocycles. The number of carbonyl (C=O) groups is 1. The number of rotatable bonds is 7. The van der Waals surface area contributed by atoms with Crippen LogP contribution in [0.4, 0.5) is 5.82 Å². The summed E-state index contributed by atoms with van der Waals surface area (Å²) in [7, 11) is 0. The largest absolute Gasteiger partial charge is 0.476 e. The van der Waals surface area contributed by atoms with E-state index in [-0.39, 0.29) is 11.8 Å². The number of hydrogen-bond acceptors (Lipinski definition) is 7. The van der Waals surface area contributed by atoms with E-state index in [1.165, 1.54) is 10.6 Å². The number of aromatic nitrogens is 4. The van der Waals surface area contributed by atoms with Gasteiger partial charge in [-0.3, -0.25) is 0 Å². The first-order valence-electron chi connectivity index (χ1n) is 12.8. The van der Waals surface area contributed by atoms with Crippen molar-refractivity contribution < 1.29 is 19.2 Å². The number of aromatic carboxylic acids is 1. The van der Waals surface area contributed by atoms with Gasteiger partial charge in [0.05, 0.1) is 22.8 Å². The Morgan fingerprint density at radius 2 is 1.87 bits per heavy atom. The van der Waals surface area contributed by atoms with Crippen LogP contribution >= 0.6 is 23.2 Å². The fourth-order valence-corrected chi connectivity index (χ4v) is 6.54. The molecule has 2 unspecified atom stereocenters. The summed E-state index contributed by atoms with van der Waals surface area (Å²) in [5.74, 6) is 2.10. The lowest BCUT2D eigenvalue weighted by Gasteiger charge is -2.20. The third kappa shape index (κ3) is 4.22. The predicted molar refractivity (Wildman–Crippen MR) is 141 cm³/mol. The molecule has 2 aliphatic carbocycles. The van der Waals surface area contributed by atoms with Gasteiger partial charge in [-0.15, -0.1) is 0 Å². The van der Waals surface area contributed by atoms with Crippen molar-refractivity contribution in [2.24, 2.45) is 11.8 Å². The van der Waals surface area contributed by atoms with Gasteiger partial charge in [-0.25, -0.2) is 14.3 Å². The highest BCUT2D eigenvalue weighted by Gasteiger charge is 2.42. The molecule has 4 aromatic rings. The minimum Gasteiger partial charge on any atom is -0.476 e. The Hall–Kier alpha value is -3.14. The number of carboxylic acid groups (broad SMARTS) is 1. The molecule has 1 aromatic carbocycles. The third-order valence-electron chi connectivity index (χ3n) is 7.99. The van der Waals surface area contributed by atoms with Gasteiger partial charge in [-0.05, 0) is 55.7 Å². The molecule has 4 heterocycles. The van der Waals surface area contributed by atoms with Crippen molar-refractivity contribution >= 4 is 40.6 Å². The molecule has 196 valence electrons. The van der Waals surface area contributed by atoms with Crippen LogP contribution in [-0.2, 0) is 11.3 Å². The van der Waals surface area contributed by atoms with Gasteiger partial charge in [-0.1, -0.05) is 34.4 Å². The van der Waals surface area contributed by atoms with E-state index in [1.807, 2.05) is 24.3 Å². The molecule has 3 aromatic heterocycles. The number of carboxylic acids is 1. The van der Waals surface area contributed by atoms with Crippen LogP contribution in [0.5, 0.6) is 0 Å². The highest BCUT2D eigenvalue weighted by atomic mass is 35.5. The van der Waals surface area contributed by atoms with Gasteiger partial charge >= 0.3 is 5.97 Å². The van der Waals surface area contributed by atoms with Crippen molar-refractivity contribution in [3.05, 3.63) is 63.6 Å². The normalized spacial score (nSPS) is 22.9. The van der Waals surface area contributed by atoms with E-state index in [1.54, 1.807) is 6.20 Å². The van der Waals surface area contributed by atoms with E-state index in [2.05, 4.69) is 20.1 Å². The van der Waals surface area contributed by atoms with Gasteiger partial charge in [0, 0.05) is 42.4 Å². The summed E-state index contributed by atoms with van der Waals surface area (Å²) in [6, 6.07) is 8.84. The van der Waals surface area contributed by atoms with Gasteiger partial charge in [0.15, 0.2) is 11.3 Å². The first-order valence-corrected chi connectivity index (χ1v) is 13.6. The first-order chi connectivity index (χ1) is 18.4. The van der Waals surface area contributed by atoms with E-state index in [9.17, 15) is 9.90 Å². The molecule has 9 nitrogen and oxygen atoms in total. The standard InChI is InChI=1S/C27H25Cl2N5O4/c28-19-2-1-3-20(29)24(19)25-18(26(38-32-25)14-4-5-14)13-37-17-8-15-11-33(12-16(15)9-17)22-6-7-34-23(30-22)10-21(31-34)27(35)36/h1-3,6-7,10,14-17H,4-5,8-9,11-13H2,(H,35,36)/t15-,16?,17?/m0/s1. The van der Waals surface area contributed by atoms with Gasteiger partial charge < -0.3 is 19.3 Å². The Balaban J connectivity index is 1.03. The first kappa shape index (κ1) is 23.9. The fraction of sp³-hybridized carbons (Fsp3) is 0.407. The van der Waals surface area contributed by atoms with E-state index < -0.39 is 5.97 Å². The number of fused-ring (bicyclic) bond motifs is 2. The summed E-state index contributed by atoms with van der Waals surface area (Å²) in [5, 5.41) is 18.7. The molecule has 0 spiro atoms. The molecular formula is C27H25Cl2N5O4. The maximum absolute atomic E-state index is 11.2. The molecule has 0 amide bonds. The number of nitrogens with zero attached hydrogens (tertiary/aromatic N) is 5. The van der Waals surface area contributed by atoms with Gasteiger partial charge in [0.25, 0.3) is 0 Å². The maximum atomic E-state index is 11.2. The Morgan fingerprint density at radius 1 is 1.13 bits per heavy atom. The van der Waals surface area contributed by atoms with Crippen molar-refractivity contribution in [2.75, 3.05) is 18.0 Å². The molecule has 11 heteroatoms. The van der Waals surface area contributed by atoms with Crippen LogP contribution < -0.4 is 4.90 Å². The highest BCUT2D eigenvalue weighted by Crippen LogP contribution is 2.47. The quantitative estimate of drug-likeness (QED) is 0.310. The molecule has 3 atom stereocenters. The number of ether oxygens (including phenoxy) is 1. The molecule has 7 rings (SSSR count). The molecule has 1 saturated heterocycles. The lowest BCUT2D eigenvalue weighted by Crippen LogP contribution is -2.24. The Kier molecular flexibility index (Phi) is 5.83. The van der Waals surface area contributed by atoms with E-state index in [0.717, 1.165) is 55.9 Å². The molecule has 2 saturated carbocycles. The number of benzene rings is 1. The van der Waals surface area contributed by atoms with E-state index in [0.29, 0.717) is 51.3 Å². The summed E-state index contributed by atoms with van der Waals surface area (Å²) in [6.07, 6.45) is 6.07. The lowest BCUT2D eigenvalue weighted by atomic mass is 10.0. The SMILES string of the molecule is O=C(O)c1cc2nc(N3CC4CC(OCc5c(-c6c(Cl)cccc6Cl)noc5C5CC5)C[C@H]4C3)ccn2n1. The molecule has 38 heavy (non-hydrogen) atoms. The summed E-state index contributed by atoms with van der Waals surface area (Å²) < 4.78 is 13.8. The van der Waals surface area contributed by atoms with Gasteiger partial charge in [0.1, 0.15) is 17.3 Å². The predicted octanol–water partition coefficient (Wildman–Crippen LogP) is 5.70. The summed E-state index contributed by atoms with van der Waals surface area (Å²) in [6.45, 7) is 2.22. The topological polar surface area (TPSA) is 106 Å². The zero-order valence-electron chi connectivity index (χ0n) is 20.4. The van der Waals surface area contributed by atoms with Crippen LogP contribution in [0.15, 0.2) is 41.1 Å². The number of halogens is 2. The molecule has 1 N–H and O–H groups in total. The summed E-state index contributed by atoms with van der Waals surface area (Å²) in [4.78, 5) is 18.2. The van der Waals surface area contributed by atoms with E-state index in [4.69, 9.17) is 32.5 Å². The minimum atomic E-state index is -1.06. The second kappa shape index (κ2) is 9.25. The van der Waals surface area contributed by atoms with Crippen molar-refractivity contribution in [3.8, 4) is 11.3 Å². The molecular weight excluding hydrogens is 529 g/mol. The van der Waals surface area contributed by atoms with Crippen LogP contribution in [0.2, 0.25) is 10.0 Å². The van der Waals surface area contributed by atoms with Crippen LogP contribution in [0.1, 0.15) is 53.4 Å². The van der Waals surface area contributed by atoms with Gasteiger partial charge in [-0.2, -0.15) is 5.10 Å². The summed E-state index contributed by atoms with van der Waals surface area (Å²) >= 11 is 13.0. The Labute approximate surface area is 228 Å².